The molecule has 1 amide bonds. The Balaban J connectivity index is 1.50. The van der Waals surface area contributed by atoms with Crippen molar-refractivity contribution in [1.29, 1.82) is 0 Å². The summed E-state index contributed by atoms with van der Waals surface area (Å²) in [6, 6.07) is 20.4. The molecule has 0 fully saturated rings. The van der Waals surface area contributed by atoms with Crippen LogP contribution in [0.1, 0.15) is 43.2 Å². The van der Waals surface area contributed by atoms with Gasteiger partial charge in [0.25, 0.3) is 5.91 Å². The predicted octanol–water partition coefficient (Wildman–Crippen LogP) is 4.09. The van der Waals surface area contributed by atoms with Gasteiger partial charge in [0, 0.05) is 18.2 Å². The minimum absolute atomic E-state index is 0.213. The zero-order chi connectivity index (χ0) is 21.6. The van der Waals surface area contributed by atoms with Gasteiger partial charge in [-0.15, -0.1) is 0 Å². The average molecular weight is 408 g/mol. The molecule has 0 unspecified atom stereocenters. The van der Waals surface area contributed by atoms with Crippen LogP contribution in [0.5, 0.6) is 0 Å². The van der Waals surface area contributed by atoms with Crippen LogP contribution < -0.4 is 0 Å². The van der Waals surface area contributed by atoms with Gasteiger partial charge in [0.2, 0.25) is 0 Å². The Morgan fingerprint density at radius 3 is 2.65 bits per heavy atom. The fraction of sp³-hybridized carbons (Fsp3) is 0.115. The molecule has 0 saturated heterocycles. The number of pyridine rings is 1. The topological polar surface area (TPSA) is 59.5 Å². The number of aromatic nitrogens is 1. The van der Waals surface area contributed by atoms with E-state index in [0.29, 0.717) is 29.8 Å². The molecule has 5 heteroatoms. The maximum atomic E-state index is 13.0. The van der Waals surface area contributed by atoms with Crippen molar-refractivity contribution in [3.05, 3.63) is 107 Å². The summed E-state index contributed by atoms with van der Waals surface area (Å²) < 4.78 is 4.74. The monoisotopic (exact) mass is 408 g/mol. The van der Waals surface area contributed by atoms with E-state index in [2.05, 4.69) is 16.8 Å². The zero-order valence-corrected chi connectivity index (χ0v) is 17.0. The molecular weight excluding hydrogens is 388 g/mol. The highest BCUT2D eigenvalue weighted by Gasteiger charge is 2.20. The van der Waals surface area contributed by atoms with Crippen molar-refractivity contribution < 1.29 is 14.3 Å². The van der Waals surface area contributed by atoms with Gasteiger partial charge in [-0.25, -0.2) is 9.78 Å². The molecule has 152 valence electrons. The number of benzene rings is 2. The summed E-state index contributed by atoms with van der Waals surface area (Å²) in [6.45, 7) is 0.335. The molecule has 2 heterocycles. The minimum Gasteiger partial charge on any atom is -0.465 e. The first kappa shape index (κ1) is 20.1. The minimum atomic E-state index is -0.477. The Hall–Kier alpha value is -4.17. The standard InChI is InChI=1S/C26H20N2O3/c1-31-26(30)22-11-6-10-21(17-22)25(29)28-16-15-20-13-14-23(27-24(20)18-28)12-5-9-19-7-3-2-4-8-19/h2-4,6-8,10-11,13-17H,9,18H2,1H3. The smallest absolute Gasteiger partial charge is 0.337 e. The van der Waals surface area contributed by atoms with E-state index in [9.17, 15) is 9.59 Å². The van der Waals surface area contributed by atoms with E-state index in [4.69, 9.17) is 4.74 Å². The first-order chi connectivity index (χ1) is 15.1. The van der Waals surface area contributed by atoms with Crippen molar-refractivity contribution in [2.45, 2.75) is 13.0 Å². The number of rotatable bonds is 3. The summed E-state index contributed by atoms with van der Waals surface area (Å²) in [5, 5.41) is 0. The molecule has 0 spiro atoms. The van der Waals surface area contributed by atoms with Crippen molar-refractivity contribution in [1.82, 2.24) is 9.88 Å². The molecule has 0 N–H and O–H groups in total. The lowest BCUT2D eigenvalue weighted by molar-refractivity contribution is 0.0600. The van der Waals surface area contributed by atoms with Crippen LogP contribution in [0.4, 0.5) is 0 Å². The maximum Gasteiger partial charge on any atom is 0.337 e. The van der Waals surface area contributed by atoms with Crippen LogP contribution in [0.15, 0.2) is 72.9 Å². The quantitative estimate of drug-likeness (QED) is 0.484. The molecular formula is C26H20N2O3. The number of hydrogen-bond acceptors (Lipinski definition) is 4. The van der Waals surface area contributed by atoms with Gasteiger partial charge in [-0.2, -0.15) is 0 Å². The van der Waals surface area contributed by atoms with E-state index in [1.165, 1.54) is 13.2 Å². The predicted molar refractivity (Wildman–Crippen MR) is 118 cm³/mol. The van der Waals surface area contributed by atoms with Crippen LogP contribution >= 0.6 is 0 Å². The second-order valence-electron chi connectivity index (χ2n) is 7.02. The Bertz CT molecular complexity index is 1220. The average Bonchev–Trinajstić information content (AvgIpc) is 2.83. The van der Waals surface area contributed by atoms with Crippen LogP contribution in [0, 0.1) is 11.8 Å². The van der Waals surface area contributed by atoms with E-state index >= 15 is 0 Å². The number of ether oxygens (including phenoxy) is 1. The summed E-state index contributed by atoms with van der Waals surface area (Å²) in [7, 11) is 1.31. The lowest BCUT2D eigenvalue weighted by Gasteiger charge is -2.23. The van der Waals surface area contributed by atoms with Crippen LogP contribution in [-0.4, -0.2) is 28.9 Å². The summed E-state index contributed by atoms with van der Waals surface area (Å²) in [4.78, 5) is 30.9. The Morgan fingerprint density at radius 1 is 1.03 bits per heavy atom. The largest absolute Gasteiger partial charge is 0.465 e. The SMILES string of the molecule is COC(=O)c1cccc(C(=O)N2C=Cc3ccc(C#CCc4ccccc4)nc3C2)c1. The highest BCUT2D eigenvalue weighted by atomic mass is 16.5. The number of methoxy groups -OCH3 is 1. The summed E-state index contributed by atoms with van der Waals surface area (Å²) in [5.41, 5.74) is 4.32. The van der Waals surface area contributed by atoms with E-state index in [1.54, 1.807) is 29.3 Å². The number of fused-ring (bicyclic) bond motifs is 1. The van der Waals surface area contributed by atoms with Crippen molar-refractivity contribution >= 4 is 18.0 Å². The molecule has 3 aromatic rings. The molecule has 5 nitrogen and oxygen atoms in total. The van der Waals surface area contributed by atoms with E-state index in [0.717, 1.165) is 16.8 Å². The highest BCUT2D eigenvalue weighted by Crippen LogP contribution is 2.21. The fourth-order valence-corrected chi connectivity index (χ4v) is 3.28. The lowest BCUT2D eigenvalue weighted by atomic mass is 10.1. The van der Waals surface area contributed by atoms with Gasteiger partial charge in [0.1, 0.15) is 5.69 Å². The number of amides is 1. The number of esters is 1. The van der Waals surface area contributed by atoms with E-state index in [-0.39, 0.29) is 5.91 Å². The fourth-order valence-electron chi connectivity index (χ4n) is 3.28. The second kappa shape index (κ2) is 9.10. The van der Waals surface area contributed by atoms with Crippen molar-refractivity contribution in [2.75, 3.05) is 7.11 Å². The molecule has 0 saturated carbocycles. The van der Waals surface area contributed by atoms with Gasteiger partial charge in [-0.3, -0.25) is 4.79 Å². The number of carbonyl (C=O) groups excluding carboxylic acids is 2. The molecule has 0 aliphatic carbocycles. The molecule has 1 aliphatic heterocycles. The second-order valence-corrected chi connectivity index (χ2v) is 7.02. The highest BCUT2D eigenvalue weighted by molar-refractivity contribution is 5.98. The molecule has 1 aliphatic rings. The third-order valence-electron chi connectivity index (χ3n) is 4.91. The van der Waals surface area contributed by atoms with E-state index < -0.39 is 5.97 Å². The van der Waals surface area contributed by atoms with Crippen molar-refractivity contribution in [3.8, 4) is 11.8 Å². The van der Waals surface area contributed by atoms with Crippen molar-refractivity contribution in [2.24, 2.45) is 0 Å². The van der Waals surface area contributed by atoms with Gasteiger partial charge in [-0.1, -0.05) is 48.4 Å². The molecule has 2 aromatic carbocycles. The lowest BCUT2D eigenvalue weighted by Crippen LogP contribution is -2.28. The van der Waals surface area contributed by atoms with Gasteiger partial charge in [-0.05, 0) is 47.4 Å². The van der Waals surface area contributed by atoms with Gasteiger partial charge in [0.15, 0.2) is 0 Å². The molecule has 0 atom stereocenters. The number of carbonyl (C=O) groups is 2. The molecule has 0 radical (unpaired) electrons. The van der Waals surface area contributed by atoms with Crippen LogP contribution in [-0.2, 0) is 17.7 Å². The Morgan fingerprint density at radius 2 is 1.84 bits per heavy atom. The molecule has 4 rings (SSSR count). The third kappa shape index (κ3) is 4.71. The van der Waals surface area contributed by atoms with Crippen molar-refractivity contribution in [3.63, 3.8) is 0 Å². The van der Waals surface area contributed by atoms with Crippen LogP contribution in [0.25, 0.3) is 6.08 Å². The summed E-state index contributed by atoms with van der Waals surface area (Å²) in [5.74, 6) is 5.57. The van der Waals surface area contributed by atoms with Gasteiger partial charge in [0.05, 0.1) is 24.9 Å². The van der Waals surface area contributed by atoms with Gasteiger partial charge < -0.3 is 9.64 Å². The third-order valence-corrected chi connectivity index (χ3v) is 4.91. The molecule has 0 bridgehead atoms. The van der Waals surface area contributed by atoms with Crippen LogP contribution in [0.2, 0.25) is 0 Å². The Labute approximate surface area is 181 Å². The van der Waals surface area contributed by atoms with E-state index in [1.807, 2.05) is 48.5 Å². The summed E-state index contributed by atoms with van der Waals surface area (Å²) >= 11 is 0. The normalized spacial score (nSPS) is 11.8. The summed E-state index contributed by atoms with van der Waals surface area (Å²) in [6.07, 6.45) is 4.24. The first-order valence-corrected chi connectivity index (χ1v) is 9.84. The zero-order valence-electron chi connectivity index (χ0n) is 17.0. The number of hydrogen-bond donors (Lipinski definition) is 0. The molecule has 1 aromatic heterocycles. The van der Waals surface area contributed by atoms with Gasteiger partial charge >= 0.3 is 5.97 Å². The first-order valence-electron chi connectivity index (χ1n) is 9.84. The number of nitrogens with zero attached hydrogens (tertiary/aromatic N) is 2. The molecule has 31 heavy (non-hydrogen) atoms. The van der Waals surface area contributed by atoms with Crippen LogP contribution in [0.3, 0.4) is 0 Å². The Kier molecular flexibility index (Phi) is 5.91. The maximum absolute atomic E-state index is 13.0.